The topological polar surface area (TPSA) is 56.8 Å². The number of hydrogen-bond donors (Lipinski definition) is 1. The van der Waals surface area contributed by atoms with E-state index in [0.29, 0.717) is 36.8 Å². The number of benzene rings is 2. The van der Waals surface area contributed by atoms with Gasteiger partial charge in [0.2, 0.25) is 0 Å². The van der Waals surface area contributed by atoms with Gasteiger partial charge >= 0.3 is 0 Å². The maximum absolute atomic E-state index is 12.9. The van der Waals surface area contributed by atoms with E-state index in [4.69, 9.17) is 14.2 Å². The first-order valence-corrected chi connectivity index (χ1v) is 8.83. The molecular formula is C21H25NO4. The maximum atomic E-state index is 12.9. The summed E-state index contributed by atoms with van der Waals surface area (Å²) in [6, 6.07) is 15.7. The Hall–Kier alpha value is -2.53. The second-order valence-corrected chi connectivity index (χ2v) is 6.48. The standard InChI is InChI=1S/C21H25NO4/c1-24-17-9-6-10-18(25-2)19(17)20(23)22-15-21(11-13-26-14-12-21)16-7-4-3-5-8-16/h3-10H,11-15H2,1-2H3,(H,22,23). The molecule has 0 unspecified atom stereocenters. The Morgan fingerprint density at radius 2 is 1.62 bits per heavy atom. The summed E-state index contributed by atoms with van der Waals surface area (Å²) in [5.74, 6) is 0.811. The zero-order valence-electron chi connectivity index (χ0n) is 15.3. The number of carbonyl (C=O) groups is 1. The van der Waals surface area contributed by atoms with Crippen molar-refractivity contribution in [3.63, 3.8) is 0 Å². The van der Waals surface area contributed by atoms with E-state index in [1.54, 1.807) is 32.4 Å². The summed E-state index contributed by atoms with van der Waals surface area (Å²) in [5, 5.41) is 3.10. The molecule has 1 aliphatic heterocycles. The third-order valence-corrected chi connectivity index (χ3v) is 5.08. The van der Waals surface area contributed by atoms with E-state index in [1.165, 1.54) is 5.56 Å². The van der Waals surface area contributed by atoms with E-state index in [1.807, 2.05) is 18.2 Å². The number of nitrogens with one attached hydrogen (secondary N) is 1. The first-order chi connectivity index (χ1) is 12.7. The largest absolute Gasteiger partial charge is 0.496 e. The van der Waals surface area contributed by atoms with Crippen molar-refractivity contribution in [2.45, 2.75) is 18.3 Å². The molecule has 2 aromatic rings. The van der Waals surface area contributed by atoms with Crippen molar-refractivity contribution in [2.24, 2.45) is 0 Å². The highest BCUT2D eigenvalue weighted by atomic mass is 16.5. The summed E-state index contributed by atoms with van der Waals surface area (Å²) in [4.78, 5) is 12.9. The smallest absolute Gasteiger partial charge is 0.258 e. The van der Waals surface area contributed by atoms with Gasteiger partial charge in [-0.25, -0.2) is 0 Å². The molecule has 5 nitrogen and oxygen atoms in total. The maximum Gasteiger partial charge on any atom is 0.258 e. The molecule has 138 valence electrons. The minimum Gasteiger partial charge on any atom is -0.496 e. The van der Waals surface area contributed by atoms with Gasteiger partial charge in [-0.2, -0.15) is 0 Å². The van der Waals surface area contributed by atoms with Crippen LogP contribution in [0.3, 0.4) is 0 Å². The van der Waals surface area contributed by atoms with Crippen LogP contribution in [0, 0.1) is 0 Å². The van der Waals surface area contributed by atoms with Crippen LogP contribution in [0.25, 0.3) is 0 Å². The number of methoxy groups -OCH3 is 2. The monoisotopic (exact) mass is 355 g/mol. The van der Waals surface area contributed by atoms with Gasteiger partial charge in [0, 0.05) is 25.2 Å². The van der Waals surface area contributed by atoms with Gasteiger partial charge in [-0.05, 0) is 30.5 Å². The van der Waals surface area contributed by atoms with E-state index in [2.05, 4.69) is 17.4 Å². The molecular weight excluding hydrogens is 330 g/mol. The van der Waals surface area contributed by atoms with Crippen LogP contribution in [0.4, 0.5) is 0 Å². The van der Waals surface area contributed by atoms with Crippen LogP contribution >= 0.6 is 0 Å². The molecule has 1 fully saturated rings. The van der Waals surface area contributed by atoms with E-state index < -0.39 is 0 Å². The molecule has 0 spiro atoms. The zero-order chi connectivity index (χ0) is 18.4. The molecule has 5 heteroatoms. The molecule has 1 amide bonds. The summed E-state index contributed by atoms with van der Waals surface area (Å²) in [6.45, 7) is 1.94. The Labute approximate surface area is 154 Å². The Balaban J connectivity index is 1.83. The van der Waals surface area contributed by atoms with Crippen molar-refractivity contribution >= 4 is 5.91 Å². The highest BCUT2D eigenvalue weighted by Crippen LogP contribution is 2.35. The molecule has 2 aromatic carbocycles. The number of rotatable bonds is 6. The van der Waals surface area contributed by atoms with E-state index >= 15 is 0 Å². The molecule has 0 aromatic heterocycles. The highest BCUT2D eigenvalue weighted by molar-refractivity contribution is 5.99. The van der Waals surface area contributed by atoms with Gasteiger partial charge in [0.25, 0.3) is 5.91 Å². The average Bonchev–Trinajstić information content (AvgIpc) is 2.72. The minimum atomic E-state index is -0.193. The Morgan fingerprint density at radius 3 is 2.19 bits per heavy atom. The van der Waals surface area contributed by atoms with Gasteiger partial charge in [-0.15, -0.1) is 0 Å². The zero-order valence-corrected chi connectivity index (χ0v) is 15.3. The van der Waals surface area contributed by atoms with E-state index in [-0.39, 0.29) is 11.3 Å². The molecule has 0 saturated carbocycles. The SMILES string of the molecule is COc1cccc(OC)c1C(=O)NCC1(c2ccccc2)CCOCC1. The first-order valence-electron chi connectivity index (χ1n) is 8.83. The third kappa shape index (κ3) is 3.68. The predicted octanol–water partition coefficient (Wildman–Crippen LogP) is 3.18. The van der Waals surface area contributed by atoms with Crippen LogP contribution in [-0.4, -0.2) is 39.9 Å². The molecule has 1 saturated heterocycles. The molecule has 0 aliphatic carbocycles. The molecule has 3 rings (SSSR count). The van der Waals surface area contributed by atoms with Crippen LogP contribution < -0.4 is 14.8 Å². The van der Waals surface area contributed by atoms with Crippen molar-refractivity contribution in [3.05, 3.63) is 59.7 Å². The van der Waals surface area contributed by atoms with Crippen LogP contribution in [0.5, 0.6) is 11.5 Å². The quantitative estimate of drug-likeness (QED) is 0.865. The Morgan fingerprint density at radius 1 is 1.00 bits per heavy atom. The van der Waals surface area contributed by atoms with E-state index in [0.717, 1.165) is 12.8 Å². The lowest BCUT2D eigenvalue weighted by atomic mass is 9.74. The molecule has 26 heavy (non-hydrogen) atoms. The predicted molar refractivity (Wildman–Crippen MR) is 100 cm³/mol. The highest BCUT2D eigenvalue weighted by Gasteiger charge is 2.35. The van der Waals surface area contributed by atoms with Crippen LogP contribution in [0.15, 0.2) is 48.5 Å². The fourth-order valence-corrected chi connectivity index (χ4v) is 3.53. The Bertz CT molecular complexity index is 717. The minimum absolute atomic E-state index is 0.121. The summed E-state index contributed by atoms with van der Waals surface area (Å²) in [7, 11) is 3.10. The van der Waals surface area contributed by atoms with Crippen molar-refractivity contribution in [1.82, 2.24) is 5.32 Å². The fraction of sp³-hybridized carbons (Fsp3) is 0.381. The van der Waals surface area contributed by atoms with Gasteiger partial charge < -0.3 is 19.5 Å². The van der Waals surface area contributed by atoms with Crippen molar-refractivity contribution in [2.75, 3.05) is 34.0 Å². The Kier molecular flexibility index (Phi) is 5.78. The summed E-state index contributed by atoms with van der Waals surface area (Å²) >= 11 is 0. The lowest BCUT2D eigenvalue weighted by Gasteiger charge is -2.38. The second kappa shape index (κ2) is 8.23. The summed E-state index contributed by atoms with van der Waals surface area (Å²) in [6.07, 6.45) is 1.75. The number of amides is 1. The molecule has 1 aliphatic rings. The molecule has 0 bridgehead atoms. The van der Waals surface area contributed by atoms with Crippen molar-refractivity contribution in [3.8, 4) is 11.5 Å². The summed E-state index contributed by atoms with van der Waals surface area (Å²) in [5.41, 5.74) is 1.54. The lowest BCUT2D eigenvalue weighted by Crippen LogP contribution is -2.44. The normalized spacial score (nSPS) is 15.9. The number of ether oxygens (including phenoxy) is 3. The van der Waals surface area contributed by atoms with E-state index in [9.17, 15) is 4.79 Å². The van der Waals surface area contributed by atoms with Crippen LogP contribution in [-0.2, 0) is 10.2 Å². The van der Waals surface area contributed by atoms with Gasteiger partial charge in [-0.1, -0.05) is 36.4 Å². The lowest BCUT2D eigenvalue weighted by molar-refractivity contribution is 0.0486. The fourth-order valence-electron chi connectivity index (χ4n) is 3.53. The second-order valence-electron chi connectivity index (χ2n) is 6.48. The van der Waals surface area contributed by atoms with Gasteiger partial charge in [0.1, 0.15) is 17.1 Å². The average molecular weight is 355 g/mol. The third-order valence-electron chi connectivity index (χ3n) is 5.08. The molecule has 1 heterocycles. The van der Waals surface area contributed by atoms with Crippen molar-refractivity contribution < 1.29 is 19.0 Å². The van der Waals surface area contributed by atoms with Crippen LogP contribution in [0.1, 0.15) is 28.8 Å². The molecule has 1 N–H and O–H groups in total. The number of carbonyl (C=O) groups excluding carboxylic acids is 1. The number of hydrogen-bond acceptors (Lipinski definition) is 4. The van der Waals surface area contributed by atoms with Gasteiger partial charge in [0.15, 0.2) is 0 Å². The van der Waals surface area contributed by atoms with Crippen molar-refractivity contribution in [1.29, 1.82) is 0 Å². The molecule has 0 atom stereocenters. The van der Waals surface area contributed by atoms with Gasteiger partial charge in [-0.3, -0.25) is 4.79 Å². The molecule has 0 radical (unpaired) electrons. The van der Waals surface area contributed by atoms with Crippen LogP contribution in [0.2, 0.25) is 0 Å². The first kappa shape index (κ1) is 18.3. The summed E-state index contributed by atoms with van der Waals surface area (Å²) < 4.78 is 16.3. The van der Waals surface area contributed by atoms with Gasteiger partial charge in [0.05, 0.1) is 14.2 Å².